The minimum Gasteiger partial charge on any atom is -0.353 e. The summed E-state index contributed by atoms with van der Waals surface area (Å²) >= 11 is 0. The summed E-state index contributed by atoms with van der Waals surface area (Å²) in [7, 11) is 0. The molecule has 1 amide bonds. The molecule has 1 atom stereocenters. The van der Waals surface area contributed by atoms with E-state index in [9.17, 15) is 9.18 Å². The van der Waals surface area contributed by atoms with Crippen LogP contribution in [0.2, 0.25) is 0 Å². The second-order valence-corrected chi connectivity index (χ2v) is 7.87. The molecule has 0 saturated carbocycles. The van der Waals surface area contributed by atoms with Crippen LogP contribution in [0.4, 0.5) is 4.39 Å². The zero-order valence-electron chi connectivity index (χ0n) is 17.2. The molecule has 0 aliphatic heterocycles. The Labute approximate surface area is 175 Å². The fourth-order valence-corrected chi connectivity index (χ4v) is 3.13. The van der Waals surface area contributed by atoms with Gasteiger partial charge in [-0.15, -0.1) is 0 Å². The van der Waals surface area contributed by atoms with Gasteiger partial charge in [-0.2, -0.15) is 0 Å². The largest absolute Gasteiger partial charge is 0.353 e. The molecule has 0 saturated heterocycles. The first-order valence-electron chi connectivity index (χ1n) is 9.89. The maximum absolute atomic E-state index is 13.4. The summed E-state index contributed by atoms with van der Waals surface area (Å²) in [5.74, 6) is 0.415. The highest BCUT2D eigenvalue weighted by atomic mass is 19.1. The van der Waals surface area contributed by atoms with E-state index in [1.807, 2.05) is 30.3 Å². The minimum absolute atomic E-state index is 0.0962. The van der Waals surface area contributed by atoms with E-state index in [0.717, 1.165) is 11.3 Å². The molecular weight excluding hydrogens is 383 g/mol. The van der Waals surface area contributed by atoms with Crippen molar-refractivity contribution < 1.29 is 9.18 Å². The summed E-state index contributed by atoms with van der Waals surface area (Å²) in [5, 5.41) is 2.63. The Morgan fingerprint density at radius 2 is 2.03 bits per heavy atom. The smallest absolute Gasteiger partial charge is 0.226 e. The van der Waals surface area contributed by atoms with E-state index in [1.165, 1.54) is 0 Å². The van der Waals surface area contributed by atoms with Gasteiger partial charge in [0.05, 0.1) is 18.2 Å². The van der Waals surface area contributed by atoms with Crippen molar-refractivity contribution in [2.24, 2.45) is 11.1 Å². The molecule has 0 aliphatic carbocycles. The van der Waals surface area contributed by atoms with Crippen LogP contribution in [0.5, 0.6) is 0 Å². The molecule has 4 N–H and O–H groups in total. The van der Waals surface area contributed by atoms with E-state index in [1.54, 1.807) is 32.4 Å². The summed E-state index contributed by atoms with van der Waals surface area (Å²) in [6.45, 7) is 3.39. The first-order chi connectivity index (χ1) is 14.4. The third-order valence-electron chi connectivity index (χ3n) is 4.82. The van der Waals surface area contributed by atoms with Gasteiger partial charge in [0.25, 0.3) is 0 Å². The Morgan fingerprint density at radius 1 is 1.27 bits per heavy atom. The van der Waals surface area contributed by atoms with Gasteiger partial charge in [-0.3, -0.25) is 14.8 Å². The van der Waals surface area contributed by atoms with Crippen LogP contribution >= 0.6 is 0 Å². The number of aromatic nitrogens is 4. The average Bonchev–Trinajstić information content (AvgIpc) is 3.14. The Balaban J connectivity index is 1.83. The number of alkyl halides is 1. The monoisotopic (exact) mass is 410 g/mol. The van der Waals surface area contributed by atoms with Crippen LogP contribution in [-0.2, 0) is 17.6 Å². The highest BCUT2D eigenvalue weighted by Gasteiger charge is 2.30. The number of carbonyl (C=O) groups excluding carboxylic acids is 1. The first-order valence-corrected chi connectivity index (χ1v) is 9.89. The summed E-state index contributed by atoms with van der Waals surface area (Å²) < 4.78 is 13.4. The van der Waals surface area contributed by atoms with Crippen LogP contribution in [0.3, 0.4) is 0 Å². The normalized spacial score (nSPS) is 12.5. The Hall–Kier alpha value is -3.13. The fourth-order valence-electron chi connectivity index (χ4n) is 3.13. The lowest BCUT2D eigenvalue weighted by atomic mass is 9.88. The molecule has 1 aromatic carbocycles. The van der Waals surface area contributed by atoms with Gasteiger partial charge in [-0.05, 0) is 5.56 Å². The predicted molar refractivity (Wildman–Crippen MR) is 113 cm³/mol. The quantitative estimate of drug-likeness (QED) is 0.502. The number of rotatable bonds is 9. The third-order valence-corrected chi connectivity index (χ3v) is 4.82. The molecule has 0 aliphatic rings. The minimum atomic E-state index is -1.26. The zero-order chi connectivity index (χ0) is 21.6. The number of aromatic amines is 1. The fraction of sp³-hybridized carbons (Fsp3) is 0.364. The van der Waals surface area contributed by atoms with E-state index in [4.69, 9.17) is 10.7 Å². The van der Waals surface area contributed by atoms with Crippen LogP contribution < -0.4 is 11.1 Å². The van der Waals surface area contributed by atoms with E-state index in [2.05, 4.69) is 20.3 Å². The number of benzene rings is 1. The maximum Gasteiger partial charge on any atom is 0.226 e. The zero-order valence-corrected chi connectivity index (χ0v) is 17.2. The summed E-state index contributed by atoms with van der Waals surface area (Å²) in [4.78, 5) is 29.2. The number of hydrogen-bond donors (Lipinski definition) is 3. The van der Waals surface area contributed by atoms with E-state index in [0.29, 0.717) is 30.1 Å². The number of nitrogens with two attached hydrogens (primary N) is 1. The van der Waals surface area contributed by atoms with E-state index >= 15 is 0 Å². The van der Waals surface area contributed by atoms with Crippen LogP contribution in [0.15, 0.2) is 48.9 Å². The SMILES string of the molecule is CC(C)(Cc1nc(-c2cnccn2)c(Cc2ccccc2)[nH]1)C(=O)NC[C@H](F)CN. The number of hydrogen-bond acceptors (Lipinski definition) is 5. The third kappa shape index (κ3) is 5.48. The lowest BCUT2D eigenvalue weighted by molar-refractivity contribution is -0.129. The second kappa shape index (κ2) is 9.58. The van der Waals surface area contributed by atoms with E-state index < -0.39 is 11.6 Å². The van der Waals surface area contributed by atoms with Crippen molar-refractivity contribution in [1.82, 2.24) is 25.3 Å². The van der Waals surface area contributed by atoms with Crippen molar-refractivity contribution in [3.8, 4) is 11.4 Å². The van der Waals surface area contributed by atoms with Gasteiger partial charge < -0.3 is 16.0 Å². The number of nitrogens with one attached hydrogen (secondary N) is 2. The Morgan fingerprint density at radius 3 is 2.70 bits per heavy atom. The summed E-state index contributed by atoms with van der Waals surface area (Å²) in [5.41, 5.74) is 7.90. The molecule has 3 aromatic rings. The molecule has 0 unspecified atom stereocenters. The molecular formula is C22H27FN6O. The topological polar surface area (TPSA) is 110 Å². The van der Waals surface area contributed by atoms with Crippen LogP contribution in [0.1, 0.15) is 30.9 Å². The van der Waals surface area contributed by atoms with Gasteiger partial charge in [-0.1, -0.05) is 44.2 Å². The number of amides is 1. The van der Waals surface area contributed by atoms with Crippen molar-refractivity contribution >= 4 is 5.91 Å². The number of halogens is 1. The van der Waals surface area contributed by atoms with Crippen LogP contribution in [-0.4, -0.2) is 45.1 Å². The van der Waals surface area contributed by atoms with Gasteiger partial charge >= 0.3 is 0 Å². The molecule has 30 heavy (non-hydrogen) atoms. The van der Waals surface area contributed by atoms with Gasteiger partial charge in [0.1, 0.15) is 23.4 Å². The lowest BCUT2D eigenvalue weighted by Crippen LogP contribution is -2.42. The van der Waals surface area contributed by atoms with Crippen LogP contribution in [0, 0.1) is 5.41 Å². The van der Waals surface area contributed by atoms with Crippen molar-refractivity contribution in [3.05, 3.63) is 66.0 Å². The van der Waals surface area contributed by atoms with Gasteiger partial charge in [-0.25, -0.2) is 9.37 Å². The molecule has 3 rings (SSSR count). The number of nitrogens with zero attached hydrogens (tertiary/aromatic N) is 3. The van der Waals surface area contributed by atoms with Crippen molar-refractivity contribution in [2.45, 2.75) is 32.9 Å². The first kappa shape index (κ1) is 21.6. The van der Waals surface area contributed by atoms with Crippen molar-refractivity contribution in [2.75, 3.05) is 13.1 Å². The van der Waals surface area contributed by atoms with E-state index in [-0.39, 0.29) is 19.0 Å². The Kier molecular flexibility index (Phi) is 6.89. The number of imidazole rings is 1. The standard InChI is InChI=1S/C22H27FN6O/c1-22(2,21(30)27-13-16(23)12-24)11-19-28-17(10-15-6-4-3-5-7-15)20(29-19)18-14-25-8-9-26-18/h3-9,14,16H,10-13,24H2,1-2H3,(H,27,30)(H,28,29)/t16-/m1/s1. The number of carbonyl (C=O) groups is 1. The highest BCUT2D eigenvalue weighted by Crippen LogP contribution is 2.26. The Bertz CT molecular complexity index is 958. The number of H-pyrrole nitrogens is 1. The second-order valence-electron chi connectivity index (χ2n) is 7.87. The lowest BCUT2D eigenvalue weighted by Gasteiger charge is -2.23. The molecule has 0 radical (unpaired) electrons. The van der Waals surface area contributed by atoms with Gasteiger partial charge in [0.2, 0.25) is 5.91 Å². The molecule has 0 bridgehead atoms. The molecule has 2 heterocycles. The molecule has 7 nitrogen and oxygen atoms in total. The van der Waals surface area contributed by atoms with Crippen LogP contribution in [0.25, 0.3) is 11.4 Å². The molecule has 8 heteroatoms. The summed E-state index contributed by atoms with van der Waals surface area (Å²) in [6.07, 6.45) is 4.65. The molecule has 0 spiro atoms. The molecule has 0 fully saturated rings. The van der Waals surface area contributed by atoms with Gasteiger partial charge in [0, 0.05) is 37.5 Å². The highest BCUT2D eigenvalue weighted by molar-refractivity contribution is 5.82. The van der Waals surface area contributed by atoms with Crippen molar-refractivity contribution in [1.29, 1.82) is 0 Å². The average molecular weight is 410 g/mol. The predicted octanol–water partition coefficient (Wildman–Crippen LogP) is 2.44. The molecule has 158 valence electrons. The van der Waals surface area contributed by atoms with Gasteiger partial charge in [0.15, 0.2) is 0 Å². The maximum atomic E-state index is 13.4. The summed E-state index contributed by atoms with van der Waals surface area (Å²) in [6, 6.07) is 10.0. The van der Waals surface area contributed by atoms with Crippen molar-refractivity contribution in [3.63, 3.8) is 0 Å². The molecule has 2 aromatic heterocycles.